The molecule has 1 spiro atoms. The van der Waals surface area contributed by atoms with Gasteiger partial charge in [-0.25, -0.2) is 0 Å². The van der Waals surface area contributed by atoms with Crippen LogP contribution in [0, 0.1) is 5.92 Å². The Kier molecular flexibility index (Phi) is 4.19. The van der Waals surface area contributed by atoms with Gasteiger partial charge in [-0.3, -0.25) is 9.59 Å². The summed E-state index contributed by atoms with van der Waals surface area (Å²) in [7, 11) is 3.48. The van der Waals surface area contributed by atoms with Gasteiger partial charge in [0.15, 0.2) is 0 Å². The molecule has 1 atom stereocenters. The van der Waals surface area contributed by atoms with Crippen LogP contribution in [0.4, 0.5) is 0 Å². The van der Waals surface area contributed by atoms with Gasteiger partial charge in [0.1, 0.15) is 6.61 Å². The zero-order chi connectivity index (χ0) is 15.0. The van der Waals surface area contributed by atoms with Crippen LogP contribution in [0.1, 0.15) is 25.7 Å². The van der Waals surface area contributed by atoms with Gasteiger partial charge in [-0.2, -0.15) is 0 Å². The van der Waals surface area contributed by atoms with Crippen LogP contribution < -0.4 is 0 Å². The molecule has 0 aromatic heterocycles. The van der Waals surface area contributed by atoms with E-state index < -0.39 is 0 Å². The normalized spacial score (nSPS) is 26.8. The molecule has 21 heavy (non-hydrogen) atoms. The van der Waals surface area contributed by atoms with Crippen LogP contribution in [0.5, 0.6) is 0 Å². The maximum Gasteiger partial charge on any atom is 0.248 e. The van der Waals surface area contributed by atoms with Crippen molar-refractivity contribution in [3.63, 3.8) is 0 Å². The quantitative estimate of drug-likeness (QED) is 0.759. The van der Waals surface area contributed by atoms with E-state index in [2.05, 4.69) is 0 Å². The fourth-order valence-corrected chi connectivity index (χ4v) is 4.52. The van der Waals surface area contributed by atoms with E-state index in [0.717, 1.165) is 31.7 Å². The number of amides is 2. The molecule has 3 rings (SSSR count). The van der Waals surface area contributed by atoms with Crippen LogP contribution in [-0.2, 0) is 14.3 Å². The molecule has 6 heteroatoms. The molecule has 0 bridgehead atoms. The number of thioether (sulfide) groups is 1. The lowest BCUT2D eigenvalue weighted by molar-refractivity contribution is -0.137. The molecular weight excluding hydrogens is 288 g/mol. The van der Waals surface area contributed by atoms with Gasteiger partial charge < -0.3 is 14.5 Å². The summed E-state index contributed by atoms with van der Waals surface area (Å²) in [5.41, 5.74) is 0. The Labute approximate surface area is 130 Å². The van der Waals surface area contributed by atoms with Crippen molar-refractivity contribution in [1.82, 2.24) is 9.80 Å². The van der Waals surface area contributed by atoms with E-state index in [-0.39, 0.29) is 23.4 Å². The van der Waals surface area contributed by atoms with Crippen molar-refractivity contribution in [2.75, 3.05) is 39.5 Å². The minimum absolute atomic E-state index is 0.01000. The Balaban J connectivity index is 1.39. The summed E-state index contributed by atoms with van der Waals surface area (Å²) in [5.74, 6) is 1.94. The van der Waals surface area contributed by atoms with Crippen LogP contribution in [0.2, 0.25) is 0 Å². The highest BCUT2D eigenvalue weighted by Gasteiger charge is 2.51. The van der Waals surface area contributed by atoms with Gasteiger partial charge in [0.2, 0.25) is 11.8 Å². The molecule has 2 saturated heterocycles. The first-order chi connectivity index (χ1) is 9.97. The summed E-state index contributed by atoms with van der Waals surface area (Å²) < 4.78 is 5.91. The van der Waals surface area contributed by atoms with E-state index in [9.17, 15) is 9.59 Å². The third-order valence-electron chi connectivity index (χ3n) is 4.59. The number of carbonyl (C=O) groups excluding carboxylic acids is 2. The molecule has 0 N–H and O–H groups in total. The minimum Gasteiger partial charge on any atom is -0.367 e. The van der Waals surface area contributed by atoms with E-state index in [4.69, 9.17) is 4.74 Å². The lowest BCUT2D eigenvalue weighted by Crippen LogP contribution is -2.60. The third kappa shape index (κ3) is 3.54. The first-order valence-corrected chi connectivity index (χ1v) is 8.69. The van der Waals surface area contributed by atoms with Crippen LogP contribution >= 0.6 is 11.8 Å². The summed E-state index contributed by atoms with van der Waals surface area (Å²) in [5, 5.41) is 0. The Morgan fingerprint density at radius 3 is 2.67 bits per heavy atom. The van der Waals surface area contributed by atoms with Gasteiger partial charge in [-0.15, -0.1) is 11.8 Å². The van der Waals surface area contributed by atoms with Gasteiger partial charge in [0.25, 0.3) is 0 Å². The number of hydrogen-bond acceptors (Lipinski definition) is 4. The van der Waals surface area contributed by atoms with Crippen molar-refractivity contribution in [2.45, 2.75) is 36.5 Å². The molecule has 0 radical (unpaired) electrons. The van der Waals surface area contributed by atoms with E-state index in [1.54, 1.807) is 19.0 Å². The van der Waals surface area contributed by atoms with Crippen LogP contribution in [0.25, 0.3) is 0 Å². The van der Waals surface area contributed by atoms with Gasteiger partial charge in [0, 0.05) is 39.4 Å². The third-order valence-corrected chi connectivity index (χ3v) is 6.16. The minimum atomic E-state index is 0.01000. The average Bonchev–Trinajstić information content (AvgIpc) is 3.10. The second kappa shape index (κ2) is 5.80. The maximum absolute atomic E-state index is 12.0. The highest BCUT2D eigenvalue weighted by molar-refractivity contribution is 8.01. The molecule has 2 heterocycles. The molecule has 0 aromatic carbocycles. The molecule has 1 saturated carbocycles. The summed E-state index contributed by atoms with van der Waals surface area (Å²) in [6.45, 7) is 1.90. The number of carbonyl (C=O) groups is 2. The summed E-state index contributed by atoms with van der Waals surface area (Å²) in [4.78, 5) is 27.1. The topological polar surface area (TPSA) is 49.9 Å². The smallest absolute Gasteiger partial charge is 0.248 e. The molecule has 5 nitrogen and oxygen atoms in total. The predicted octanol–water partition coefficient (Wildman–Crippen LogP) is 0.978. The van der Waals surface area contributed by atoms with Gasteiger partial charge >= 0.3 is 0 Å². The molecule has 118 valence electrons. The summed E-state index contributed by atoms with van der Waals surface area (Å²) in [6.07, 6.45) is 4.33. The molecule has 0 aromatic rings. The number of likely N-dealkylation sites (N-methyl/N-ethyl adjacent to an activating group) is 1. The SMILES string of the molecule is CN(C)C(=O)CO[C@H]1CSC2(C1)CN(C(=O)CC1CC1)C2. The van der Waals surface area contributed by atoms with Crippen molar-refractivity contribution in [3.8, 4) is 0 Å². The van der Waals surface area contributed by atoms with Crippen molar-refractivity contribution in [3.05, 3.63) is 0 Å². The Morgan fingerprint density at radius 2 is 2.05 bits per heavy atom. The van der Waals surface area contributed by atoms with Crippen LogP contribution in [-0.4, -0.2) is 72.0 Å². The fraction of sp³-hybridized carbons (Fsp3) is 0.867. The lowest BCUT2D eigenvalue weighted by Gasteiger charge is -2.47. The van der Waals surface area contributed by atoms with Crippen molar-refractivity contribution >= 4 is 23.6 Å². The first-order valence-electron chi connectivity index (χ1n) is 7.71. The first kappa shape index (κ1) is 15.2. The highest BCUT2D eigenvalue weighted by atomic mass is 32.2. The van der Waals surface area contributed by atoms with Crippen LogP contribution in [0.3, 0.4) is 0 Å². The molecule has 3 aliphatic rings. The number of hydrogen-bond donors (Lipinski definition) is 0. The van der Waals surface area contributed by atoms with E-state index in [1.165, 1.54) is 12.8 Å². The Bertz CT molecular complexity index is 431. The number of nitrogens with zero attached hydrogens (tertiary/aromatic N) is 2. The van der Waals surface area contributed by atoms with Gasteiger partial charge in [-0.1, -0.05) is 0 Å². The number of likely N-dealkylation sites (tertiary alicyclic amines) is 1. The van der Waals surface area contributed by atoms with E-state index in [0.29, 0.717) is 11.8 Å². The zero-order valence-electron chi connectivity index (χ0n) is 12.8. The monoisotopic (exact) mass is 312 g/mol. The number of rotatable bonds is 5. The molecule has 2 amide bonds. The van der Waals surface area contributed by atoms with Gasteiger partial charge in [-0.05, 0) is 25.2 Å². The van der Waals surface area contributed by atoms with Crippen LogP contribution in [0.15, 0.2) is 0 Å². The zero-order valence-corrected chi connectivity index (χ0v) is 13.7. The second-order valence-electron chi connectivity index (χ2n) is 6.82. The molecule has 2 aliphatic heterocycles. The van der Waals surface area contributed by atoms with Crippen molar-refractivity contribution in [2.24, 2.45) is 5.92 Å². The predicted molar refractivity (Wildman–Crippen MR) is 82.2 cm³/mol. The maximum atomic E-state index is 12.0. The van der Waals surface area contributed by atoms with E-state index in [1.807, 2.05) is 16.7 Å². The summed E-state index contributed by atoms with van der Waals surface area (Å²) in [6, 6.07) is 0. The molecule has 1 aliphatic carbocycles. The van der Waals surface area contributed by atoms with E-state index >= 15 is 0 Å². The lowest BCUT2D eigenvalue weighted by atomic mass is 9.92. The van der Waals surface area contributed by atoms with Gasteiger partial charge in [0.05, 0.1) is 10.9 Å². The highest BCUT2D eigenvalue weighted by Crippen LogP contribution is 2.46. The molecule has 0 unspecified atom stereocenters. The largest absolute Gasteiger partial charge is 0.367 e. The number of ether oxygens (including phenoxy) is 1. The average molecular weight is 312 g/mol. The molecular formula is C15H24N2O3S. The summed E-state index contributed by atoms with van der Waals surface area (Å²) >= 11 is 1.91. The Morgan fingerprint density at radius 1 is 1.33 bits per heavy atom. The standard InChI is InChI=1S/C15H24N2O3S/c1-16(2)14(19)7-20-12-6-15(21-8-12)9-17(10-15)13(18)5-11-3-4-11/h11-12H,3-10H2,1-2H3/t12-/m1/s1. The Hall–Kier alpha value is -0.750. The second-order valence-corrected chi connectivity index (χ2v) is 8.30. The van der Waals surface area contributed by atoms with Crippen molar-refractivity contribution < 1.29 is 14.3 Å². The van der Waals surface area contributed by atoms with Crippen molar-refractivity contribution in [1.29, 1.82) is 0 Å². The fourth-order valence-electron chi connectivity index (χ4n) is 2.97. The molecule has 3 fully saturated rings.